The van der Waals surface area contributed by atoms with Crippen LogP contribution in [0.15, 0.2) is 23.1 Å². The smallest absolute Gasteiger partial charge is 0.242 e. The Hall–Kier alpha value is -0.690. The van der Waals surface area contributed by atoms with E-state index in [1.54, 1.807) is 0 Å². The van der Waals surface area contributed by atoms with Crippen LogP contribution in [0.1, 0.15) is 19.3 Å². The lowest BCUT2D eigenvalue weighted by atomic mass is 10.1. The van der Waals surface area contributed by atoms with Crippen molar-refractivity contribution in [2.24, 2.45) is 5.92 Å². The molecule has 106 valence electrons. The Bertz CT molecular complexity index is 564. The fraction of sp³-hybridized carbons (Fsp3) is 0.500. The molecule has 2 rings (SSSR count). The van der Waals surface area contributed by atoms with E-state index in [0.29, 0.717) is 12.8 Å². The molecule has 7 heteroatoms. The van der Waals surface area contributed by atoms with Gasteiger partial charge in [0.2, 0.25) is 10.0 Å². The van der Waals surface area contributed by atoms with Gasteiger partial charge in [-0.25, -0.2) is 17.5 Å². The summed E-state index contributed by atoms with van der Waals surface area (Å²) in [5.74, 6) is -0.452. The number of hydrogen-bond donors (Lipinski definition) is 2. The molecule has 0 radical (unpaired) electrons. The monoisotopic (exact) mass is 307 g/mol. The van der Waals surface area contributed by atoms with Crippen molar-refractivity contribution in [1.82, 2.24) is 4.72 Å². The van der Waals surface area contributed by atoms with Crippen molar-refractivity contribution in [3.8, 4) is 0 Å². The van der Waals surface area contributed by atoms with Crippen LogP contribution in [-0.4, -0.2) is 26.2 Å². The van der Waals surface area contributed by atoms with Gasteiger partial charge in [-0.1, -0.05) is 11.6 Å². The molecule has 0 heterocycles. The summed E-state index contributed by atoms with van der Waals surface area (Å²) in [6, 6.07) is 3.17. The molecule has 1 aromatic carbocycles. The van der Waals surface area contributed by atoms with E-state index in [4.69, 9.17) is 11.6 Å². The van der Waals surface area contributed by atoms with Crippen molar-refractivity contribution in [3.05, 3.63) is 29.0 Å². The largest absolute Gasteiger partial charge is 0.393 e. The molecule has 0 amide bonds. The summed E-state index contributed by atoms with van der Waals surface area (Å²) >= 11 is 5.73. The van der Waals surface area contributed by atoms with E-state index < -0.39 is 15.8 Å². The van der Waals surface area contributed by atoms with Crippen LogP contribution in [0.3, 0.4) is 0 Å². The normalized spacial score (nSPS) is 23.7. The second kappa shape index (κ2) is 5.75. The van der Waals surface area contributed by atoms with E-state index >= 15 is 0 Å². The Balaban J connectivity index is 2.06. The molecule has 1 fully saturated rings. The second-order valence-electron chi connectivity index (χ2n) is 4.76. The number of halogens is 2. The maximum absolute atomic E-state index is 12.9. The lowest BCUT2D eigenvalue weighted by Gasteiger charge is -2.12. The molecule has 2 atom stereocenters. The quantitative estimate of drug-likeness (QED) is 0.893. The predicted molar refractivity (Wildman–Crippen MR) is 69.9 cm³/mol. The molecule has 0 aliphatic heterocycles. The van der Waals surface area contributed by atoms with Gasteiger partial charge in [-0.05, 0) is 43.4 Å². The SMILES string of the molecule is O=S(=O)(NCC1CCC(O)C1)c1ccc(F)cc1Cl. The summed E-state index contributed by atoms with van der Waals surface area (Å²) in [5.41, 5.74) is 0. The summed E-state index contributed by atoms with van der Waals surface area (Å²) < 4.78 is 39.4. The van der Waals surface area contributed by atoms with Crippen LogP contribution in [0, 0.1) is 11.7 Å². The van der Waals surface area contributed by atoms with Gasteiger partial charge in [0, 0.05) is 6.54 Å². The van der Waals surface area contributed by atoms with Gasteiger partial charge in [-0.2, -0.15) is 0 Å². The molecule has 0 saturated heterocycles. The number of benzene rings is 1. The Morgan fingerprint density at radius 2 is 2.16 bits per heavy atom. The highest BCUT2D eigenvalue weighted by molar-refractivity contribution is 7.89. The Morgan fingerprint density at radius 1 is 1.42 bits per heavy atom. The molecule has 2 N–H and O–H groups in total. The van der Waals surface area contributed by atoms with Crippen LogP contribution in [0.2, 0.25) is 5.02 Å². The Kier molecular flexibility index (Phi) is 4.45. The van der Waals surface area contributed by atoms with Crippen LogP contribution >= 0.6 is 11.6 Å². The van der Waals surface area contributed by atoms with Crippen molar-refractivity contribution in [3.63, 3.8) is 0 Å². The van der Waals surface area contributed by atoms with Crippen LogP contribution in [0.5, 0.6) is 0 Å². The summed E-state index contributed by atoms with van der Waals surface area (Å²) in [6.07, 6.45) is 1.74. The van der Waals surface area contributed by atoms with E-state index in [-0.39, 0.29) is 28.5 Å². The highest BCUT2D eigenvalue weighted by Crippen LogP contribution is 2.26. The minimum absolute atomic E-state index is 0.129. The van der Waals surface area contributed by atoms with Crippen molar-refractivity contribution < 1.29 is 17.9 Å². The fourth-order valence-electron chi connectivity index (χ4n) is 2.23. The first-order valence-electron chi connectivity index (χ1n) is 6.01. The molecule has 4 nitrogen and oxygen atoms in total. The first kappa shape index (κ1) is 14.7. The van der Waals surface area contributed by atoms with E-state index in [1.807, 2.05) is 0 Å². The maximum Gasteiger partial charge on any atom is 0.242 e. The molecular formula is C12H15ClFNO3S. The van der Waals surface area contributed by atoms with Crippen LogP contribution in [-0.2, 0) is 10.0 Å². The summed E-state index contributed by atoms with van der Waals surface area (Å²) in [5, 5.41) is 9.24. The highest BCUT2D eigenvalue weighted by Gasteiger charge is 2.25. The molecular weight excluding hydrogens is 293 g/mol. The third-order valence-electron chi connectivity index (χ3n) is 3.26. The number of nitrogens with one attached hydrogen (secondary N) is 1. The van der Waals surface area contributed by atoms with Crippen LogP contribution < -0.4 is 4.72 Å². The molecule has 0 spiro atoms. The average Bonchev–Trinajstić information content (AvgIpc) is 2.72. The summed E-state index contributed by atoms with van der Waals surface area (Å²) in [4.78, 5) is -0.130. The van der Waals surface area contributed by atoms with Crippen LogP contribution in [0.25, 0.3) is 0 Å². The van der Waals surface area contributed by atoms with Gasteiger partial charge in [0.15, 0.2) is 0 Å². The third-order valence-corrected chi connectivity index (χ3v) is 5.17. The molecule has 1 aromatic rings. The summed E-state index contributed by atoms with van der Waals surface area (Å²) in [6.45, 7) is 0.257. The molecule has 0 bridgehead atoms. The van der Waals surface area contributed by atoms with Gasteiger partial charge in [0.25, 0.3) is 0 Å². The number of aliphatic hydroxyl groups is 1. The molecule has 1 saturated carbocycles. The van der Waals surface area contributed by atoms with Crippen LogP contribution in [0.4, 0.5) is 4.39 Å². The van der Waals surface area contributed by atoms with E-state index in [2.05, 4.69) is 4.72 Å². The topological polar surface area (TPSA) is 66.4 Å². The van der Waals surface area contributed by atoms with E-state index in [9.17, 15) is 17.9 Å². The molecule has 1 aliphatic rings. The second-order valence-corrected chi connectivity index (χ2v) is 6.90. The number of rotatable bonds is 4. The number of hydrogen-bond acceptors (Lipinski definition) is 3. The van der Waals surface area contributed by atoms with E-state index in [0.717, 1.165) is 24.6 Å². The Morgan fingerprint density at radius 3 is 2.74 bits per heavy atom. The standard InChI is InChI=1S/C12H15ClFNO3S/c13-11-6-9(14)2-4-12(11)19(17,18)15-7-8-1-3-10(16)5-8/h2,4,6,8,10,15-16H,1,3,5,7H2. The minimum Gasteiger partial charge on any atom is -0.393 e. The average molecular weight is 308 g/mol. The minimum atomic E-state index is -3.74. The predicted octanol–water partition coefficient (Wildman–Crippen LogP) is 1.92. The Labute approximate surface area is 116 Å². The van der Waals surface area contributed by atoms with E-state index in [1.165, 1.54) is 0 Å². The number of aliphatic hydroxyl groups excluding tert-OH is 1. The first-order valence-corrected chi connectivity index (χ1v) is 7.87. The zero-order chi connectivity index (χ0) is 14.0. The lowest BCUT2D eigenvalue weighted by Crippen LogP contribution is -2.29. The molecule has 2 unspecified atom stereocenters. The van der Waals surface area contributed by atoms with Gasteiger partial charge >= 0.3 is 0 Å². The van der Waals surface area contributed by atoms with Gasteiger partial charge in [0.1, 0.15) is 10.7 Å². The van der Waals surface area contributed by atoms with Gasteiger partial charge in [-0.15, -0.1) is 0 Å². The first-order chi connectivity index (χ1) is 8.88. The zero-order valence-electron chi connectivity index (χ0n) is 10.1. The molecule has 0 aromatic heterocycles. The maximum atomic E-state index is 12.9. The molecule has 19 heavy (non-hydrogen) atoms. The van der Waals surface area contributed by atoms with Crippen molar-refractivity contribution in [1.29, 1.82) is 0 Å². The van der Waals surface area contributed by atoms with Gasteiger partial charge in [0.05, 0.1) is 11.1 Å². The zero-order valence-corrected chi connectivity index (χ0v) is 11.7. The third kappa shape index (κ3) is 3.66. The number of sulfonamides is 1. The highest BCUT2D eigenvalue weighted by atomic mass is 35.5. The van der Waals surface area contributed by atoms with Crippen molar-refractivity contribution in [2.45, 2.75) is 30.3 Å². The van der Waals surface area contributed by atoms with Gasteiger partial charge in [-0.3, -0.25) is 0 Å². The van der Waals surface area contributed by atoms with Gasteiger partial charge < -0.3 is 5.11 Å². The summed E-state index contributed by atoms with van der Waals surface area (Å²) in [7, 11) is -3.74. The lowest BCUT2D eigenvalue weighted by molar-refractivity contribution is 0.178. The fourth-order valence-corrected chi connectivity index (χ4v) is 3.88. The van der Waals surface area contributed by atoms with Crippen molar-refractivity contribution >= 4 is 21.6 Å². The molecule has 1 aliphatic carbocycles. The van der Waals surface area contributed by atoms with Crippen molar-refractivity contribution in [2.75, 3.05) is 6.54 Å².